The Kier molecular flexibility index (Phi) is 1.52. The first-order valence-corrected chi connectivity index (χ1v) is 3.92. The van der Waals surface area contributed by atoms with Gasteiger partial charge in [-0.1, -0.05) is 0 Å². The van der Waals surface area contributed by atoms with E-state index >= 15 is 0 Å². The number of rotatable bonds is 0. The van der Waals surface area contributed by atoms with E-state index in [1.165, 1.54) is 0 Å². The van der Waals surface area contributed by atoms with Crippen LogP contribution in [0, 0.1) is 18.3 Å². The molecule has 64 valence electrons. The number of pyridine rings is 1. The number of hydrogen-bond donors (Lipinski definition) is 0. The van der Waals surface area contributed by atoms with Crippen LogP contribution in [0.3, 0.4) is 0 Å². The fourth-order valence-corrected chi connectivity index (χ4v) is 1.37. The van der Waals surface area contributed by atoms with Crippen LogP contribution in [-0.2, 0) is 7.05 Å². The van der Waals surface area contributed by atoms with Gasteiger partial charge >= 0.3 is 0 Å². The molecule has 4 nitrogen and oxygen atoms in total. The van der Waals surface area contributed by atoms with Gasteiger partial charge in [0.25, 0.3) is 0 Å². The Labute approximate surface area is 75.4 Å². The predicted molar refractivity (Wildman–Crippen MR) is 48.0 cm³/mol. The van der Waals surface area contributed by atoms with E-state index in [9.17, 15) is 0 Å². The van der Waals surface area contributed by atoms with E-state index in [0.717, 1.165) is 16.7 Å². The summed E-state index contributed by atoms with van der Waals surface area (Å²) in [6.07, 6.45) is 1.56. The molecule has 0 saturated heterocycles. The van der Waals surface area contributed by atoms with Gasteiger partial charge in [0.1, 0.15) is 6.07 Å². The highest BCUT2D eigenvalue weighted by Gasteiger charge is 2.05. The minimum atomic E-state index is 0.573. The van der Waals surface area contributed by atoms with Crippen molar-refractivity contribution in [3.8, 4) is 6.07 Å². The number of nitrogens with zero attached hydrogens (tertiary/aromatic N) is 4. The van der Waals surface area contributed by atoms with Crippen molar-refractivity contribution in [1.29, 1.82) is 5.26 Å². The Morgan fingerprint density at radius 2 is 2.31 bits per heavy atom. The summed E-state index contributed by atoms with van der Waals surface area (Å²) in [6.45, 7) is 1.91. The summed E-state index contributed by atoms with van der Waals surface area (Å²) in [4.78, 5) is 4.15. The highest BCUT2D eigenvalue weighted by Crippen LogP contribution is 2.15. The molecule has 0 unspecified atom stereocenters. The number of nitriles is 1. The third-order valence-corrected chi connectivity index (χ3v) is 1.99. The van der Waals surface area contributed by atoms with Gasteiger partial charge in [-0.15, -0.1) is 0 Å². The smallest absolute Gasteiger partial charge is 0.157 e. The molecule has 0 amide bonds. The Morgan fingerprint density at radius 1 is 1.54 bits per heavy atom. The Bertz CT molecular complexity index is 504. The monoisotopic (exact) mass is 172 g/mol. The molecule has 0 bridgehead atoms. The zero-order chi connectivity index (χ0) is 9.42. The number of aromatic nitrogens is 3. The molecule has 13 heavy (non-hydrogen) atoms. The van der Waals surface area contributed by atoms with Crippen LogP contribution < -0.4 is 0 Å². The molecule has 2 aromatic heterocycles. The van der Waals surface area contributed by atoms with E-state index in [4.69, 9.17) is 5.26 Å². The molecular weight excluding hydrogens is 164 g/mol. The summed E-state index contributed by atoms with van der Waals surface area (Å²) in [5.41, 5.74) is 2.29. The van der Waals surface area contributed by atoms with E-state index in [1.807, 2.05) is 20.0 Å². The van der Waals surface area contributed by atoms with Gasteiger partial charge in [0.05, 0.1) is 11.3 Å². The zero-order valence-corrected chi connectivity index (χ0v) is 7.44. The van der Waals surface area contributed by atoms with Crippen molar-refractivity contribution in [2.75, 3.05) is 0 Å². The summed E-state index contributed by atoms with van der Waals surface area (Å²) in [5, 5.41) is 13.8. The molecular formula is C9H8N4. The first kappa shape index (κ1) is 7.74. The quantitative estimate of drug-likeness (QED) is 0.599. The van der Waals surface area contributed by atoms with Crippen LogP contribution >= 0.6 is 0 Å². The molecule has 4 heteroatoms. The maximum atomic E-state index is 8.68. The van der Waals surface area contributed by atoms with Crippen LogP contribution in [0.5, 0.6) is 0 Å². The van der Waals surface area contributed by atoms with Gasteiger partial charge in [0, 0.05) is 18.6 Å². The molecule has 0 radical (unpaired) electrons. The van der Waals surface area contributed by atoms with Crippen LogP contribution in [0.2, 0.25) is 0 Å². The largest absolute Gasteiger partial charge is 0.250 e. The Balaban J connectivity index is 2.86. The standard InChI is InChI=1S/C9H8N4/c1-6-8-3-7(4-10)5-11-9(8)13(2)12-6/h3,5H,1-2H3. The van der Waals surface area contributed by atoms with Crippen molar-refractivity contribution in [1.82, 2.24) is 14.8 Å². The van der Waals surface area contributed by atoms with E-state index < -0.39 is 0 Å². The molecule has 2 aromatic rings. The van der Waals surface area contributed by atoms with Crippen molar-refractivity contribution in [2.24, 2.45) is 7.05 Å². The average Bonchev–Trinajstić information content (AvgIpc) is 2.42. The maximum absolute atomic E-state index is 8.68. The first-order valence-electron chi connectivity index (χ1n) is 3.92. The normalized spacial score (nSPS) is 10.2. The van der Waals surface area contributed by atoms with Crippen molar-refractivity contribution in [2.45, 2.75) is 6.92 Å². The zero-order valence-electron chi connectivity index (χ0n) is 7.44. The molecule has 0 fully saturated rings. The summed E-state index contributed by atoms with van der Waals surface area (Å²) < 4.78 is 1.71. The summed E-state index contributed by atoms with van der Waals surface area (Å²) in [6, 6.07) is 3.87. The minimum Gasteiger partial charge on any atom is -0.250 e. The second-order valence-corrected chi connectivity index (χ2v) is 2.92. The van der Waals surface area contributed by atoms with E-state index in [1.54, 1.807) is 10.9 Å². The van der Waals surface area contributed by atoms with E-state index in [-0.39, 0.29) is 0 Å². The van der Waals surface area contributed by atoms with Crippen LogP contribution in [0.1, 0.15) is 11.3 Å². The fraction of sp³-hybridized carbons (Fsp3) is 0.222. The van der Waals surface area contributed by atoms with Crippen LogP contribution in [0.15, 0.2) is 12.3 Å². The topological polar surface area (TPSA) is 54.5 Å². The third-order valence-electron chi connectivity index (χ3n) is 1.99. The number of aryl methyl sites for hydroxylation is 2. The molecule has 0 aliphatic rings. The van der Waals surface area contributed by atoms with Gasteiger partial charge in [-0.25, -0.2) is 4.98 Å². The van der Waals surface area contributed by atoms with Gasteiger partial charge < -0.3 is 0 Å². The minimum absolute atomic E-state index is 0.573. The third kappa shape index (κ3) is 1.05. The van der Waals surface area contributed by atoms with E-state index in [2.05, 4.69) is 16.2 Å². The van der Waals surface area contributed by atoms with Crippen LogP contribution in [0.25, 0.3) is 11.0 Å². The van der Waals surface area contributed by atoms with Gasteiger partial charge in [-0.3, -0.25) is 4.68 Å². The van der Waals surface area contributed by atoms with Crippen molar-refractivity contribution in [3.63, 3.8) is 0 Å². The molecule has 0 N–H and O–H groups in total. The lowest BCUT2D eigenvalue weighted by Crippen LogP contribution is -1.91. The summed E-state index contributed by atoms with van der Waals surface area (Å²) in [5.74, 6) is 0. The lowest BCUT2D eigenvalue weighted by atomic mass is 10.2. The molecule has 0 spiro atoms. The predicted octanol–water partition coefficient (Wildman–Crippen LogP) is 1.15. The van der Waals surface area contributed by atoms with Gasteiger partial charge in [-0.05, 0) is 13.0 Å². The molecule has 2 heterocycles. The summed E-state index contributed by atoms with van der Waals surface area (Å²) >= 11 is 0. The molecule has 2 rings (SSSR count). The Morgan fingerprint density at radius 3 is 3.00 bits per heavy atom. The highest BCUT2D eigenvalue weighted by atomic mass is 15.3. The molecule has 0 aliphatic heterocycles. The maximum Gasteiger partial charge on any atom is 0.157 e. The van der Waals surface area contributed by atoms with Crippen molar-refractivity contribution < 1.29 is 0 Å². The van der Waals surface area contributed by atoms with Gasteiger partial charge in [-0.2, -0.15) is 10.4 Å². The number of fused-ring (bicyclic) bond motifs is 1. The molecule has 0 aliphatic carbocycles. The SMILES string of the molecule is Cc1nn(C)c2ncc(C#N)cc12. The molecule has 0 aromatic carbocycles. The first-order chi connectivity index (χ1) is 6.22. The molecule has 0 atom stereocenters. The van der Waals surface area contributed by atoms with Crippen LogP contribution in [0.4, 0.5) is 0 Å². The van der Waals surface area contributed by atoms with Gasteiger partial charge in [0.15, 0.2) is 5.65 Å². The Hall–Kier alpha value is -1.89. The van der Waals surface area contributed by atoms with Crippen molar-refractivity contribution in [3.05, 3.63) is 23.5 Å². The second-order valence-electron chi connectivity index (χ2n) is 2.92. The lowest BCUT2D eigenvalue weighted by Gasteiger charge is -1.92. The molecule has 0 saturated carbocycles. The lowest BCUT2D eigenvalue weighted by molar-refractivity contribution is 0.774. The summed E-state index contributed by atoms with van der Waals surface area (Å²) in [7, 11) is 1.84. The average molecular weight is 172 g/mol. The van der Waals surface area contributed by atoms with Crippen molar-refractivity contribution >= 4 is 11.0 Å². The van der Waals surface area contributed by atoms with E-state index in [0.29, 0.717) is 5.56 Å². The second kappa shape index (κ2) is 2.56. The highest BCUT2D eigenvalue weighted by molar-refractivity contribution is 5.79. The number of hydrogen-bond acceptors (Lipinski definition) is 3. The van der Waals surface area contributed by atoms with Gasteiger partial charge in [0.2, 0.25) is 0 Å². The van der Waals surface area contributed by atoms with Crippen LogP contribution in [-0.4, -0.2) is 14.8 Å². The fourth-order valence-electron chi connectivity index (χ4n) is 1.37.